The molecule has 0 aliphatic heterocycles. The number of hydrogen-bond donors (Lipinski definition) is 4. The number of alkyl halides is 2. The molecule has 0 bridgehead atoms. The van der Waals surface area contributed by atoms with E-state index in [9.17, 15) is 24.5 Å². The summed E-state index contributed by atoms with van der Waals surface area (Å²) in [5.41, 5.74) is 2.83. The Morgan fingerprint density at radius 3 is 2.26 bits per heavy atom. The van der Waals surface area contributed by atoms with Gasteiger partial charge >= 0.3 is 71.3 Å². The molecule has 4 N–H and O–H groups in total. The topological polar surface area (TPSA) is 200 Å². The first kappa shape index (κ1) is 44.6. The van der Waals surface area contributed by atoms with Crippen molar-refractivity contribution in [1.82, 2.24) is 15.2 Å². The zero-order chi connectivity index (χ0) is 30.0. The van der Waals surface area contributed by atoms with Gasteiger partial charge in [0.1, 0.15) is 24.0 Å². The predicted molar refractivity (Wildman–Crippen MR) is 148 cm³/mol. The van der Waals surface area contributed by atoms with Crippen molar-refractivity contribution in [3.8, 4) is 5.75 Å². The molecule has 0 aliphatic rings. The minimum Gasteiger partial charge on any atom is -0.806 e. The third-order valence-corrected chi connectivity index (χ3v) is 8.17. The second-order valence-corrected chi connectivity index (χ2v) is 11.8. The summed E-state index contributed by atoms with van der Waals surface area (Å²) in [6, 6.07) is 6.91. The van der Waals surface area contributed by atoms with Crippen LogP contribution in [0.15, 0.2) is 29.4 Å². The zero-order valence-electron chi connectivity index (χ0n) is 23.9. The molecule has 0 aliphatic carbocycles. The number of nitrogens with zero attached hydrogens (tertiary/aromatic N) is 3. The van der Waals surface area contributed by atoms with Gasteiger partial charge in [0.2, 0.25) is 0 Å². The van der Waals surface area contributed by atoms with Crippen molar-refractivity contribution in [1.29, 1.82) is 0 Å². The molecule has 0 saturated carbocycles. The Hall–Kier alpha value is 0.430. The molecule has 0 aromatic heterocycles. The normalized spacial score (nSPS) is 13.7. The summed E-state index contributed by atoms with van der Waals surface area (Å²) in [5.74, 6) is 1.02. The number of carbonyl (C=O) groups is 2. The van der Waals surface area contributed by atoms with Crippen molar-refractivity contribution in [2.75, 3.05) is 64.8 Å². The van der Waals surface area contributed by atoms with Gasteiger partial charge in [-0.15, -0.1) is 23.2 Å². The first-order valence-corrected chi connectivity index (χ1v) is 15.5. The van der Waals surface area contributed by atoms with Gasteiger partial charge in [-0.25, -0.2) is 15.0 Å². The van der Waals surface area contributed by atoms with Crippen LogP contribution in [0.3, 0.4) is 0 Å². The first-order valence-electron chi connectivity index (χ1n) is 12.0. The van der Waals surface area contributed by atoms with E-state index in [0.717, 1.165) is 0 Å². The molecule has 0 heterocycles. The van der Waals surface area contributed by atoms with E-state index in [1.54, 1.807) is 36.2 Å². The van der Waals surface area contributed by atoms with E-state index < -0.39 is 34.0 Å². The molecule has 2 amide bonds. The molecule has 2 unspecified atom stereocenters. The van der Waals surface area contributed by atoms with Crippen LogP contribution < -0.4 is 79.1 Å². The second kappa shape index (κ2) is 25.6. The number of rotatable bonds is 19. The van der Waals surface area contributed by atoms with Crippen molar-refractivity contribution in [2.45, 2.75) is 17.9 Å². The van der Waals surface area contributed by atoms with E-state index in [1.165, 1.54) is 11.1 Å². The standard InChI is InChI=1S/C22H34Cl2N4O10P2.2Na/c1-27(10-6-22(31,39(32)33)40(34)35)9-3-13-36-19-5-2-4-18(16-19)17-25-26-20(29)37-14-15-38-21(30)28(11-7-23)12-8-24;;/h2,4-5,16-17,31-32,34H,3,6-15H2,1H3,(H,26,29);;/q-2;2*+1/b25-17+;;. The Morgan fingerprint density at radius 1 is 1.05 bits per heavy atom. The Balaban J connectivity index is 0. The van der Waals surface area contributed by atoms with Crippen molar-refractivity contribution in [2.24, 2.45) is 5.10 Å². The Bertz CT molecular complexity index is 918. The molecule has 1 aromatic carbocycles. The smallest absolute Gasteiger partial charge is 0.806 e. The van der Waals surface area contributed by atoms with Crippen LogP contribution in [0.25, 0.3) is 0 Å². The van der Waals surface area contributed by atoms with Crippen molar-refractivity contribution in [3.05, 3.63) is 29.8 Å². The fourth-order valence-electron chi connectivity index (χ4n) is 2.97. The summed E-state index contributed by atoms with van der Waals surface area (Å²) in [7, 11) is -4.75. The maximum atomic E-state index is 11.9. The number of nitrogens with one attached hydrogen (secondary N) is 1. The summed E-state index contributed by atoms with van der Waals surface area (Å²) < 4.78 is 15.6. The number of ether oxygens (including phenoxy) is 3. The molecule has 0 fully saturated rings. The molecule has 20 heteroatoms. The predicted octanol–water partition coefficient (Wildman–Crippen LogP) is -5.26. The van der Waals surface area contributed by atoms with Gasteiger partial charge in [0, 0.05) is 37.9 Å². The molecule has 0 spiro atoms. The largest absolute Gasteiger partial charge is 1.00 e. The number of carbonyl (C=O) groups excluding carboxylic acids is 2. The molecule has 0 radical (unpaired) electrons. The molecule has 1 rings (SSSR count). The van der Waals surface area contributed by atoms with Gasteiger partial charge in [0.25, 0.3) is 0 Å². The summed E-state index contributed by atoms with van der Waals surface area (Å²) in [6.45, 7) is 1.22. The Kier molecular flexibility index (Phi) is 27.2. The molecule has 2 atom stereocenters. The number of hydrazone groups is 1. The van der Waals surface area contributed by atoms with Crippen LogP contribution >= 0.6 is 40.0 Å². The van der Waals surface area contributed by atoms with Gasteiger partial charge in [-0.05, 0) is 54.3 Å². The number of hydrogen-bond acceptors (Lipinski definition) is 12. The van der Waals surface area contributed by atoms with E-state index in [0.29, 0.717) is 30.9 Å². The minimum atomic E-state index is -3.23. The van der Waals surface area contributed by atoms with E-state index in [-0.39, 0.29) is 110 Å². The van der Waals surface area contributed by atoms with Gasteiger partial charge in [0.05, 0.1) is 12.8 Å². The summed E-state index contributed by atoms with van der Waals surface area (Å²) in [4.78, 5) is 67.4. The monoisotopic (exact) mass is 692 g/mol. The number of benzene rings is 1. The second-order valence-electron chi connectivity index (χ2n) is 8.13. The average Bonchev–Trinajstić information content (AvgIpc) is 2.91. The molecule has 14 nitrogen and oxygen atoms in total. The third kappa shape index (κ3) is 18.4. The van der Waals surface area contributed by atoms with Crippen LogP contribution in [0.5, 0.6) is 5.75 Å². The zero-order valence-corrected chi connectivity index (χ0v) is 31.2. The van der Waals surface area contributed by atoms with Gasteiger partial charge < -0.3 is 48.7 Å². The SMILES string of the molecule is CN(CCCOc1cccc(/C=N/NC(=O)OCCOC(=O)N(CCCl)CCCl)c1)CCC(O)(P([O-])O)P([O-])O.[Na+].[Na+]. The van der Waals surface area contributed by atoms with Crippen molar-refractivity contribution < 1.29 is 108 Å². The summed E-state index contributed by atoms with van der Waals surface area (Å²) in [5, 5.41) is 11.2. The Labute approximate surface area is 302 Å². The number of aliphatic hydroxyl groups is 1. The van der Waals surface area contributed by atoms with Crippen LogP contribution in [-0.4, -0.2) is 113 Å². The molecule has 42 heavy (non-hydrogen) atoms. The maximum Gasteiger partial charge on any atom is 1.00 e. The van der Waals surface area contributed by atoms with E-state index in [1.807, 2.05) is 0 Å². The van der Waals surface area contributed by atoms with Gasteiger partial charge in [-0.2, -0.15) is 5.10 Å². The van der Waals surface area contributed by atoms with Crippen LogP contribution in [0, 0.1) is 0 Å². The summed E-state index contributed by atoms with van der Waals surface area (Å²) >= 11 is 11.3. The van der Waals surface area contributed by atoms with E-state index in [4.69, 9.17) is 47.2 Å². The fraction of sp³-hybridized carbons (Fsp3) is 0.591. The van der Waals surface area contributed by atoms with Crippen LogP contribution in [0.1, 0.15) is 18.4 Å². The molecule has 0 saturated heterocycles. The van der Waals surface area contributed by atoms with E-state index >= 15 is 0 Å². The Morgan fingerprint density at radius 2 is 1.67 bits per heavy atom. The first-order chi connectivity index (χ1) is 19.0. The minimum absolute atomic E-state index is 0. The average molecular weight is 693 g/mol. The quantitative estimate of drug-likeness (QED) is 0.0270. The maximum absolute atomic E-state index is 11.9. The fourth-order valence-corrected chi connectivity index (χ4v) is 4.55. The van der Waals surface area contributed by atoms with Crippen LogP contribution in [-0.2, 0) is 9.47 Å². The third-order valence-electron chi connectivity index (χ3n) is 5.13. The van der Waals surface area contributed by atoms with Gasteiger partial charge in [-0.3, -0.25) is 0 Å². The number of halogens is 2. The molecular weight excluding hydrogens is 659 g/mol. The summed E-state index contributed by atoms with van der Waals surface area (Å²) in [6.07, 6.45) is 0.184. The van der Waals surface area contributed by atoms with Crippen LogP contribution in [0.2, 0.25) is 0 Å². The molecule has 1 aromatic rings. The van der Waals surface area contributed by atoms with Crippen molar-refractivity contribution in [3.63, 3.8) is 0 Å². The van der Waals surface area contributed by atoms with Gasteiger partial charge in [-0.1, -0.05) is 12.1 Å². The van der Waals surface area contributed by atoms with Gasteiger partial charge in [0.15, 0.2) is 0 Å². The van der Waals surface area contributed by atoms with Crippen LogP contribution in [0.4, 0.5) is 9.59 Å². The molecule has 228 valence electrons. The van der Waals surface area contributed by atoms with Crippen molar-refractivity contribution >= 4 is 58.4 Å². The number of amides is 2. The van der Waals surface area contributed by atoms with E-state index in [2.05, 4.69) is 10.5 Å². The molecular formula is C22H34Cl2N4Na2O10P2.